The number of halogens is 3. The third-order valence-electron chi connectivity index (χ3n) is 2.36. The quantitative estimate of drug-likeness (QED) is 0.674. The van der Waals surface area contributed by atoms with Crippen molar-refractivity contribution in [3.8, 4) is 0 Å². The Morgan fingerprint density at radius 2 is 2.00 bits per heavy atom. The molecule has 70 valence electrons. The molecule has 13 heavy (non-hydrogen) atoms. The zero-order valence-electron chi connectivity index (χ0n) is 6.67. The normalized spacial score (nSPS) is 19.9. The van der Waals surface area contributed by atoms with Crippen LogP contribution in [-0.4, -0.2) is 16.4 Å². The molecule has 0 aromatic carbocycles. The van der Waals surface area contributed by atoms with Gasteiger partial charge in [-0.1, -0.05) is 0 Å². The number of hydrogen-bond acceptors (Lipinski definition) is 2. The van der Waals surface area contributed by atoms with Crippen LogP contribution in [0.5, 0.6) is 0 Å². The van der Waals surface area contributed by atoms with E-state index in [4.69, 9.17) is 0 Å². The SMILES string of the molecule is FC(F)(F)C1(c2cccnn2)CC1. The molecule has 1 aromatic rings. The van der Waals surface area contributed by atoms with Gasteiger partial charge in [-0.05, 0) is 25.0 Å². The molecule has 1 fully saturated rings. The number of rotatable bonds is 1. The van der Waals surface area contributed by atoms with Crippen molar-refractivity contribution in [1.82, 2.24) is 10.2 Å². The summed E-state index contributed by atoms with van der Waals surface area (Å²) < 4.78 is 37.5. The van der Waals surface area contributed by atoms with Gasteiger partial charge in [0.1, 0.15) is 5.41 Å². The molecule has 0 radical (unpaired) electrons. The monoisotopic (exact) mass is 188 g/mol. The van der Waals surface area contributed by atoms with Crippen molar-refractivity contribution < 1.29 is 13.2 Å². The van der Waals surface area contributed by atoms with E-state index in [2.05, 4.69) is 10.2 Å². The predicted octanol–water partition coefficient (Wildman–Crippen LogP) is 2.07. The molecule has 1 heterocycles. The highest BCUT2D eigenvalue weighted by molar-refractivity contribution is 5.26. The van der Waals surface area contributed by atoms with Gasteiger partial charge in [0.2, 0.25) is 0 Å². The first kappa shape index (κ1) is 8.47. The highest BCUT2D eigenvalue weighted by Gasteiger charge is 2.65. The summed E-state index contributed by atoms with van der Waals surface area (Å²) in [5, 5.41) is 6.96. The minimum atomic E-state index is -4.19. The summed E-state index contributed by atoms with van der Waals surface area (Å²) in [5.74, 6) is 0. The van der Waals surface area contributed by atoms with E-state index in [-0.39, 0.29) is 18.5 Å². The van der Waals surface area contributed by atoms with Crippen LogP contribution in [0.1, 0.15) is 18.5 Å². The molecule has 5 heteroatoms. The number of alkyl halides is 3. The first-order valence-electron chi connectivity index (χ1n) is 3.91. The van der Waals surface area contributed by atoms with Crippen molar-refractivity contribution in [3.63, 3.8) is 0 Å². The lowest BCUT2D eigenvalue weighted by Crippen LogP contribution is -2.29. The standard InChI is InChI=1S/C8H7F3N2/c9-8(10,11)7(3-4-7)6-2-1-5-12-13-6/h1-2,5H,3-4H2. The number of hydrogen-bond donors (Lipinski definition) is 0. The van der Waals surface area contributed by atoms with E-state index in [0.717, 1.165) is 0 Å². The lowest BCUT2D eigenvalue weighted by Gasteiger charge is -2.17. The Kier molecular flexibility index (Phi) is 1.58. The summed E-state index contributed by atoms with van der Waals surface area (Å²) in [6.45, 7) is 0. The third kappa shape index (κ3) is 1.18. The molecule has 0 amide bonds. The topological polar surface area (TPSA) is 25.8 Å². The van der Waals surface area contributed by atoms with Crippen LogP contribution in [0.15, 0.2) is 18.3 Å². The van der Waals surface area contributed by atoms with E-state index in [0.29, 0.717) is 0 Å². The molecular formula is C8H7F3N2. The molecule has 1 aliphatic rings. The molecule has 0 saturated heterocycles. The van der Waals surface area contributed by atoms with Gasteiger partial charge in [-0.2, -0.15) is 23.4 Å². The molecule has 0 N–H and O–H groups in total. The Bertz CT molecular complexity index is 303. The lowest BCUT2D eigenvalue weighted by molar-refractivity contribution is -0.161. The maximum atomic E-state index is 12.5. The maximum Gasteiger partial charge on any atom is 0.400 e. The van der Waals surface area contributed by atoms with Crippen LogP contribution >= 0.6 is 0 Å². The highest BCUT2D eigenvalue weighted by atomic mass is 19.4. The van der Waals surface area contributed by atoms with Gasteiger partial charge in [-0.25, -0.2) is 0 Å². The Hall–Kier alpha value is -1.13. The largest absolute Gasteiger partial charge is 0.400 e. The van der Waals surface area contributed by atoms with Gasteiger partial charge >= 0.3 is 6.18 Å². The fourth-order valence-corrected chi connectivity index (χ4v) is 1.37. The maximum absolute atomic E-state index is 12.5. The Morgan fingerprint density at radius 3 is 2.38 bits per heavy atom. The van der Waals surface area contributed by atoms with Crippen molar-refractivity contribution in [1.29, 1.82) is 0 Å². The fraction of sp³-hybridized carbons (Fsp3) is 0.500. The minimum absolute atomic E-state index is 0.0440. The van der Waals surface area contributed by atoms with E-state index < -0.39 is 11.6 Å². The summed E-state index contributed by atoms with van der Waals surface area (Å²) in [6, 6.07) is 2.86. The van der Waals surface area contributed by atoms with Crippen molar-refractivity contribution in [2.24, 2.45) is 0 Å². The van der Waals surface area contributed by atoms with Gasteiger partial charge < -0.3 is 0 Å². The average molecular weight is 188 g/mol. The average Bonchev–Trinajstić information content (AvgIpc) is 2.84. The second-order valence-electron chi connectivity index (χ2n) is 3.19. The van der Waals surface area contributed by atoms with E-state index in [1.165, 1.54) is 18.3 Å². The van der Waals surface area contributed by atoms with Gasteiger partial charge in [0.05, 0.1) is 5.69 Å². The van der Waals surface area contributed by atoms with Crippen molar-refractivity contribution in [2.45, 2.75) is 24.4 Å². The van der Waals surface area contributed by atoms with E-state index in [9.17, 15) is 13.2 Å². The van der Waals surface area contributed by atoms with Crippen molar-refractivity contribution >= 4 is 0 Å². The van der Waals surface area contributed by atoms with Gasteiger partial charge in [0, 0.05) is 6.20 Å². The van der Waals surface area contributed by atoms with E-state index in [1.54, 1.807) is 0 Å². The number of aromatic nitrogens is 2. The first-order valence-corrected chi connectivity index (χ1v) is 3.91. The molecule has 1 saturated carbocycles. The summed E-state index contributed by atoms with van der Waals surface area (Å²) in [4.78, 5) is 0. The molecule has 0 unspecified atom stereocenters. The number of nitrogens with zero attached hydrogens (tertiary/aromatic N) is 2. The van der Waals surface area contributed by atoms with E-state index in [1.807, 2.05) is 0 Å². The van der Waals surface area contributed by atoms with Crippen molar-refractivity contribution in [3.05, 3.63) is 24.0 Å². The van der Waals surface area contributed by atoms with Crippen LogP contribution in [0.25, 0.3) is 0 Å². The summed E-state index contributed by atoms with van der Waals surface area (Å²) in [5.41, 5.74) is -1.65. The van der Waals surface area contributed by atoms with Crippen LogP contribution < -0.4 is 0 Å². The Morgan fingerprint density at radius 1 is 1.31 bits per heavy atom. The van der Waals surface area contributed by atoms with Gasteiger partial charge in [-0.3, -0.25) is 0 Å². The second-order valence-corrected chi connectivity index (χ2v) is 3.19. The predicted molar refractivity (Wildman–Crippen MR) is 39.0 cm³/mol. The molecule has 1 aromatic heterocycles. The summed E-state index contributed by atoms with van der Waals surface area (Å²) in [6.07, 6.45) is -2.55. The van der Waals surface area contributed by atoms with Crippen LogP contribution in [0.2, 0.25) is 0 Å². The van der Waals surface area contributed by atoms with Gasteiger partial charge in [-0.15, -0.1) is 0 Å². The summed E-state index contributed by atoms with van der Waals surface area (Å²) in [7, 11) is 0. The zero-order valence-corrected chi connectivity index (χ0v) is 6.67. The lowest BCUT2D eigenvalue weighted by atomic mass is 10.0. The molecule has 0 aliphatic heterocycles. The molecule has 0 spiro atoms. The molecular weight excluding hydrogens is 181 g/mol. The molecule has 0 atom stereocenters. The van der Waals surface area contributed by atoms with Gasteiger partial charge in [0.15, 0.2) is 0 Å². The van der Waals surface area contributed by atoms with Crippen LogP contribution in [0, 0.1) is 0 Å². The first-order chi connectivity index (χ1) is 6.06. The van der Waals surface area contributed by atoms with Crippen LogP contribution in [0.4, 0.5) is 13.2 Å². The highest BCUT2D eigenvalue weighted by Crippen LogP contribution is 2.58. The third-order valence-corrected chi connectivity index (χ3v) is 2.36. The zero-order chi connectivity index (χ0) is 9.53. The second kappa shape index (κ2) is 2.43. The Balaban J connectivity index is 2.37. The fourth-order valence-electron chi connectivity index (χ4n) is 1.37. The van der Waals surface area contributed by atoms with Crippen LogP contribution in [-0.2, 0) is 5.41 Å². The van der Waals surface area contributed by atoms with E-state index >= 15 is 0 Å². The minimum Gasteiger partial charge on any atom is -0.170 e. The molecule has 0 bridgehead atoms. The molecule has 2 nitrogen and oxygen atoms in total. The Labute approximate surface area is 72.8 Å². The summed E-state index contributed by atoms with van der Waals surface area (Å²) >= 11 is 0. The van der Waals surface area contributed by atoms with Gasteiger partial charge in [0.25, 0.3) is 0 Å². The van der Waals surface area contributed by atoms with Crippen LogP contribution in [0.3, 0.4) is 0 Å². The smallest absolute Gasteiger partial charge is 0.170 e. The van der Waals surface area contributed by atoms with Crippen molar-refractivity contribution in [2.75, 3.05) is 0 Å². The molecule has 2 rings (SSSR count). The molecule has 1 aliphatic carbocycles.